The third-order valence-corrected chi connectivity index (χ3v) is 3.60. The van der Waals surface area contributed by atoms with E-state index < -0.39 is 0 Å². The number of carbonyl (C=O) groups excluding carboxylic acids is 1. The molecule has 104 valence electrons. The van der Waals surface area contributed by atoms with Crippen molar-refractivity contribution in [2.75, 3.05) is 39.9 Å². The summed E-state index contributed by atoms with van der Waals surface area (Å²) in [5.41, 5.74) is 0. The molecular formula is C13H24N2O3. The molecule has 5 nitrogen and oxygen atoms in total. The molecule has 2 aliphatic heterocycles. The molecule has 2 atom stereocenters. The fourth-order valence-corrected chi connectivity index (χ4v) is 2.59. The summed E-state index contributed by atoms with van der Waals surface area (Å²) in [4.78, 5) is 14.1. The molecule has 0 aliphatic carbocycles. The Balaban J connectivity index is 1.76. The van der Waals surface area contributed by atoms with E-state index >= 15 is 0 Å². The highest BCUT2D eigenvalue weighted by Crippen LogP contribution is 2.17. The highest BCUT2D eigenvalue weighted by Gasteiger charge is 2.26. The number of nitrogens with one attached hydrogen (secondary N) is 1. The van der Waals surface area contributed by atoms with Crippen LogP contribution in [0, 0.1) is 0 Å². The van der Waals surface area contributed by atoms with Gasteiger partial charge in [-0.1, -0.05) is 0 Å². The number of rotatable bonds is 4. The van der Waals surface area contributed by atoms with E-state index in [-0.39, 0.29) is 18.1 Å². The Kier molecular flexibility index (Phi) is 5.41. The lowest BCUT2D eigenvalue weighted by molar-refractivity contribution is -0.142. The summed E-state index contributed by atoms with van der Waals surface area (Å²) in [5.74, 6) is 0.214. The molecule has 0 aromatic carbocycles. The normalized spacial score (nSPS) is 29.3. The predicted octanol–water partition coefficient (Wildman–Crippen LogP) is 0.392. The summed E-state index contributed by atoms with van der Waals surface area (Å²) in [6, 6.07) is 0. The van der Waals surface area contributed by atoms with Crippen molar-refractivity contribution in [3.63, 3.8) is 0 Å². The molecule has 2 aliphatic rings. The second kappa shape index (κ2) is 7.07. The van der Waals surface area contributed by atoms with E-state index in [1.165, 1.54) is 6.42 Å². The highest BCUT2D eigenvalue weighted by atomic mass is 16.5. The van der Waals surface area contributed by atoms with Crippen LogP contribution < -0.4 is 5.32 Å². The van der Waals surface area contributed by atoms with Crippen LogP contribution in [-0.2, 0) is 14.3 Å². The molecule has 0 aromatic heterocycles. The van der Waals surface area contributed by atoms with Gasteiger partial charge in [0.2, 0.25) is 5.91 Å². The molecule has 0 spiro atoms. The Hall–Kier alpha value is -0.650. The standard InChI is InChI=1S/C13H24N2O3/c1-14-9-12-10-15(5-7-18-12)13(16)8-11-4-2-3-6-17-11/h11-12,14H,2-10H2,1H3. The molecule has 0 saturated carbocycles. The third-order valence-electron chi connectivity index (χ3n) is 3.60. The first-order chi connectivity index (χ1) is 8.79. The number of ether oxygens (including phenoxy) is 2. The second-order valence-corrected chi connectivity index (χ2v) is 5.08. The van der Waals surface area contributed by atoms with Gasteiger partial charge in [-0.15, -0.1) is 0 Å². The quantitative estimate of drug-likeness (QED) is 0.790. The van der Waals surface area contributed by atoms with Crippen LogP contribution in [0.2, 0.25) is 0 Å². The first-order valence-electron chi connectivity index (χ1n) is 6.95. The van der Waals surface area contributed by atoms with Crippen LogP contribution >= 0.6 is 0 Å². The molecule has 5 heteroatoms. The van der Waals surface area contributed by atoms with Gasteiger partial charge in [-0.25, -0.2) is 0 Å². The van der Waals surface area contributed by atoms with Crippen LogP contribution in [0.15, 0.2) is 0 Å². The minimum atomic E-state index is 0.125. The zero-order valence-corrected chi connectivity index (χ0v) is 11.2. The Morgan fingerprint density at radius 2 is 2.11 bits per heavy atom. The van der Waals surface area contributed by atoms with Crippen molar-refractivity contribution in [3.8, 4) is 0 Å². The molecule has 1 amide bonds. The number of morpholine rings is 1. The van der Waals surface area contributed by atoms with Crippen LogP contribution in [0.3, 0.4) is 0 Å². The molecule has 2 unspecified atom stereocenters. The Morgan fingerprint density at radius 3 is 2.83 bits per heavy atom. The summed E-state index contributed by atoms with van der Waals surface area (Å²) < 4.78 is 11.2. The molecule has 2 heterocycles. The Morgan fingerprint density at radius 1 is 1.28 bits per heavy atom. The fourth-order valence-electron chi connectivity index (χ4n) is 2.59. The molecule has 2 fully saturated rings. The maximum absolute atomic E-state index is 12.2. The average Bonchev–Trinajstić information content (AvgIpc) is 2.40. The van der Waals surface area contributed by atoms with E-state index in [2.05, 4.69) is 5.32 Å². The maximum Gasteiger partial charge on any atom is 0.225 e. The van der Waals surface area contributed by atoms with Gasteiger partial charge < -0.3 is 19.7 Å². The smallest absolute Gasteiger partial charge is 0.225 e. The maximum atomic E-state index is 12.2. The van der Waals surface area contributed by atoms with Crippen molar-refractivity contribution in [2.45, 2.75) is 37.9 Å². The van der Waals surface area contributed by atoms with E-state index in [9.17, 15) is 4.79 Å². The van der Waals surface area contributed by atoms with Gasteiger partial charge in [0.15, 0.2) is 0 Å². The lowest BCUT2D eigenvalue weighted by Crippen LogP contribution is -2.49. The summed E-state index contributed by atoms with van der Waals surface area (Å²) >= 11 is 0. The van der Waals surface area contributed by atoms with Crippen LogP contribution in [0.1, 0.15) is 25.7 Å². The van der Waals surface area contributed by atoms with Crippen molar-refractivity contribution in [1.29, 1.82) is 0 Å². The lowest BCUT2D eigenvalue weighted by atomic mass is 10.1. The van der Waals surface area contributed by atoms with Gasteiger partial charge >= 0.3 is 0 Å². The summed E-state index contributed by atoms with van der Waals surface area (Å²) in [6.45, 7) is 3.66. The van der Waals surface area contributed by atoms with Crippen molar-refractivity contribution in [2.24, 2.45) is 0 Å². The van der Waals surface area contributed by atoms with Crippen LogP contribution in [-0.4, -0.2) is 62.9 Å². The van der Waals surface area contributed by atoms with E-state index in [1.54, 1.807) is 0 Å². The predicted molar refractivity (Wildman–Crippen MR) is 68.5 cm³/mol. The molecule has 18 heavy (non-hydrogen) atoms. The largest absolute Gasteiger partial charge is 0.378 e. The zero-order chi connectivity index (χ0) is 12.8. The summed E-state index contributed by atoms with van der Waals surface area (Å²) in [5, 5.41) is 3.09. The molecule has 2 saturated heterocycles. The molecule has 0 bridgehead atoms. The van der Waals surface area contributed by atoms with E-state index in [0.717, 1.165) is 26.0 Å². The van der Waals surface area contributed by atoms with Crippen LogP contribution in [0.4, 0.5) is 0 Å². The van der Waals surface area contributed by atoms with Gasteiger partial charge in [0, 0.05) is 26.2 Å². The minimum Gasteiger partial charge on any atom is -0.378 e. The Bertz CT molecular complexity index is 265. The number of hydrogen-bond acceptors (Lipinski definition) is 4. The monoisotopic (exact) mass is 256 g/mol. The van der Waals surface area contributed by atoms with Gasteiger partial charge in [-0.2, -0.15) is 0 Å². The number of nitrogens with zero attached hydrogens (tertiary/aromatic N) is 1. The van der Waals surface area contributed by atoms with Gasteiger partial charge in [0.25, 0.3) is 0 Å². The number of hydrogen-bond donors (Lipinski definition) is 1. The van der Waals surface area contributed by atoms with Crippen molar-refractivity contribution < 1.29 is 14.3 Å². The number of carbonyl (C=O) groups is 1. The number of amides is 1. The van der Waals surface area contributed by atoms with Gasteiger partial charge in [0.1, 0.15) is 0 Å². The molecular weight excluding hydrogens is 232 g/mol. The van der Waals surface area contributed by atoms with E-state index in [1.807, 2.05) is 11.9 Å². The minimum absolute atomic E-state index is 0.125. The molecule has 0 radical (unpaired) electrons. The van der Waals surface area contributed by atoms with Gasteiger partial charge in [-0.3, -0.25) is 4.79 Å². The third kappa shape index (κ3) is 3.93. The summed E-state index contributed by atoms with van der Waals surface area (Å²) in [6.07, 6.45) is 4.13. The van der Waals surface area contributed by atoms with Crippen LogP contribution in [0.5, 0.6) is 0 Å². The summed E-state index contributed by atoms with van der Waals surface area (Å²) in [7, 11) is 1.90. The van der Waals surface area contributed by atoms with Crippen molar-refractivity contribution in [1.82, 2.24) is 10.2 Å². The fraction of sp³-hybridized carbons (Fsp3) is 0.923. The lowest BCUT2D eigenvalue weighted by Gasteiger charge is -2.34. The molecule has 2 rings (SSSR count). The Labute approximate surface area is 109 Å². The van der Waals surface area contributed by atoms with Crippen LogP contribution in [0.25, 0.3) is 0 Å². The van der Waals surface area contributed by atoms with Gasteiger partial charge in [0.05, 0.1) is 25.2 Å². The first kappa shape index (κ1) is 13.8. The highest BCUT2D eigenvalue weighted by molar-refractivity contribution is 5.76. The SMILES string of the molecule is CNCC1CN(C(=O)CC2CCCCO2)CCO1. The zero-order valence-electron chi connectivity index (χ0n) is 11.2. The van der Waals surface area contributed by atoms with Gasteiger partial charge in [-0.05, 0) is 26.3 Å². The van der Waals surface area contributed by atoms with E-state index in [0.29, 0.717) is 26.1 Å². The molecule has 1 N–H and O–H groups in total. The average molecular weight is 256 g/mol. The topological polar surface area (TPSA) is 50.8 Å². The molecule has 0 aromatic rings. The first-order valence-corrected chi connectivity index (χ1v) is 6.95. The van der Waals surface area contributed by atoms with E-state index in [4.69, 9.17) is 9.47 Å². The van der Waals surface area contributed by atoms with Crippen molar-refractivity contribution in [3.05, 3.63) is 0 Å². The van der Waals surface area contributed by atoms with Crippen molar-refractivity contribution >= 4 is 5.91 Å². The second-order valence-electron chi connectivity index (χ2n) is 5.08. The number of likely N-dealkylation sites (N-methyl/N-ethyl adjacent to an activating group) is 1.